The maximum absolute atomic E-state index is 13.8. The van der Waals surface area contributed by atoms with Crippen molar-refractivity contribution in [1.82, 2.24) is 0 Å². The molecule has 0 spiro atoms. The maximum atomic E-state index is 13.8. The zero-order valence-corrected chi connectivity index (χ0v) is 11.3. The van der Waals surface area contributed by atoms with E-state index in [1.165, 1.54) is 13.2 Å². The molecule has 0 fully saturated rings. The SMILES string of the molecule is COc1ccc(Oc2cccc(C(C)C)c2)c(F)c1. The molecule has 0 saturated carbocycles. The lowest BCUT2D eigenvalue weighted by Crippen LogP contribution is -1.92. The lowest BCUT2D eigenvalue weighted by atomic mass is 10.0. The van der Waals surface area contributed by atoms with Gasteiger partial charge in [0.25, 0.3) is 0 Å². The largest absolute Gasteiger partial charge is 0.497 e. The summed E-state index contributed by atoms with van der Waals surface area (Å²) in [5.41, 5.74) is 1.16. The average molecular weight is 260 g/mol. The molecule has 3 heteroatoms. The first-order valence-electron chi connectivity index (χ1n) is 6.21. The van der Waals surface area contributed by atoms with Crippen LogP contribution >= 0.6 is 0 Å². The summed E-state index contributed by atoms with van der Waals surface area (Å²) in [7, 11) is 1.50. The molecule has 0 aromatic heterocycles. The third-order valence-corrected chi connectivity index (χ3v) is 2.89. The topological polar surface area (TPSA) is 18.5 Å². The van der Waals surface area contributed by atoms with Crippen LogP contribution in [0.2, 0.25) is 0 Å². The molecule has 0 N–H and O–H groups in total. The highest BCUT2D eigenvalue weighted by Gasteiger charge is 2.07. The Morgan fingerprint density at radius 3 is 2.42 bits per heavy atom. The lowest BCUT2D eigenvalue weighted by molar-refractivity contribution is 0.402. The van der Waals surface area contributed by atoms with E-state index in [0.29, 0.717) is 17.4 Å². The zero-order valence-electron chi connectivity index (χ0n) is 11.3. The number of hydrogen-bond donors (Lipinski definition) is 0. The highest BCUT2D eigenvalue weighted by molar-refractivity contribution is 5.38. The van der Waals surface area contributed by atoms with Crippen molar-refractivity contribution in [1.29, 1.82) is 0 Å². The summed E-state index contributed by atoms with van der Waals surface area (Å²) in [6.07, 6.45) is 0. The number of ether oxygens (including phenoxy) is 2. The van der Waals surface area contributed by atoms with Gasteiger partial charge in [-0.25, -0.2) is 4.39 Å². The van der Waals surface area contributed by atoms with E-state index in [9.17, 15) is 4.39 Å². The van der Waals surface area contributed by atoms with Gasteiger partial charge in [0.05, 0.1) is 7.11 Å². The van der Waals surface area contributed by atoms with Crippen LogP contribution in [0.3, 0.4) is 0 Å². The van der Waals surface area contributed by atoms with Gasteiger partial charge in [-0.3, -0.25) is 0 Å². The van der Waals surface area contributed by atoms with Crippen molar-refractivity contribution in [2.45, 2.75) is 19.8 Å². The molecule has 0 unspecified atom stereocenters. The zero-order chi connectivity index (χ0) is 13.8. The van der Waals surface area contributed by atoms with Crippen LogP contribution in [-0.4, -0.2) is 7.11 Å². The van der Waals surface area contributed by atoms with E-state index in [1.807, 2.05) is 24.3 Å². The summed E-state index contributed by atoms with van der Waals surface area (Å²) in [4.78, 5) is 0. The van der Waals surface area contributed by atoms with E-state index < -0.39 is 5.82 Å². The van der Waals surface area contributed by atoms with Crippen molar-refractivity contribution in [3.8, 4) is 17.2 Å². The van der Waals surface area contributed by atoms with Crippen molar-refractivity contribution in [2.75, 3.05) is 7.11 Å². The molecule has 0 aliphatic carbocycles. The molecule has 2 aromatic carbocycles. The van der Waals surface area contributed by atoms with Gasteiger partial charge in [-0.2, -0.15) is 0 Å². The van der Waals surface area contributed by atoms with E-state index in [4.69, 9.17) is 9.47 Å². The molecule has 0 aliphatic rings. The second-order valence-electron chi connectivity index (χ2n) is 4.63. The number of methoxy groups -OCH3 is 1. The Balaban J connectivity index is 2.23. The minimum atomic E-state index is -0.436. The maximum Gasteiger partial charge on any atom is 0.169 e. The molecule has 2 rings (SSSR count). The van der Waals surface area contributed by atoms with Gasteiger partial charge >= 0.3 is 0 Å². The van der Waals surface area contributed by atoms with Gasteiger partial charge in [-0.15, -0.1) is 0 Å². The molecular weight excluding hydrogens is 243 g/mol. The van der Waals surface area contributed by atoms with Gasteiger partial charge in [0, 0.05) is 6.07 Å². The van der Waals surface area contributed by atoms with Gasteiger partial charge in [-0.1, -0.05) is 26.0 Å². The van der Waals surface area contributed by atoms with Crippen LogP contribution in [0.15, 0.2) is 42.5 Å². The molecule has 0 radical (unpaired) electrons. The van der Waals surface area contributed by atoms with Crippen molar-refractivity contribution in [3.63, 3.8) is 0 Å². The van der Waals surface area contributed by atoms with Gasteiger partial charge in [-0.05, 0) is 35.7 Å². The lowest BCUT2D eigenvalue weighted by Gasteiger charge is -2.10. The van der Waals surface area contributed by atoms with E-state index in [1.54, 1.807) is 12.1 Å². The van der Waals surface area contributed by atoms with Crippen molar-refractivity contribution >= 4 is 0 Å². The molecule has 100 valence electrons. The molecule has 2 nitrogen and oxygen atoms in total. The van der Waals surface area contributed by atoms with E-state index in [-0.39, 0.29) is 5.75 Å². The quantitative estimate of drug-likeness (QED) is 0.789. The predicted octanol–water partition coefficient (Wildman–Crippen LogP) is 4.75. The third-order valence-electron chi connectivity index (χ3n) is 2.89. The van der Waals surface area contributed by atoms with Gasteiger partial charge in [0.2, 0.25) is 0 Å². The smallest absolute Gasteiger partial charge is 0.169 e. The van der Waals surface area contributed by atoms with Gasteiger partial charge < -0.3 is 9.47 Å². The van der Waals surface area contributed by atoms with Crippen LogP contribution in [0.25, 0.3) is 0 Å². The van der Waals surface area contributed by atoms with Crippen LogP contribution in [0.5, 0.6) is 17.2 Å². The van der Waals surface area contributed by atoms with Crippen LogP contribution < -0.4 is 9.47 Å². The monoisotopic (exact) mass is 260 g/mol. The van der Waals surface area contributed by atoms with Crippen LogP contribution in [0, 0.1) is 5.82 Å². The Bertz CT molecular complexity index is 564. The first-order chi connectivity index (χ1) is 9.10. The fraction of sp³-hybridized carbons (Fsp3) is 0.250. The molecule has 0 saturated heterocycles. The highest BCUT2D eigenvalue weighted by atomic mass is 19.1. The molecule has 0 aliphatic heterocycles. The van der Waals surface area contributed by atoms with Crippen LogP contribution in [-0.2, 0) is 0 Å². The van der Waals surface area contributed by atoms with E-state index >= 15 is 0 Å². The highest BCUT2D eigenvalue weighted by Crippen LogP contribution is 2.29. The average Bonchev–Trinajstić information content (AvgIpc) is 2.41. The summed E-state index contributed by atoms with van der Waals surface area (Å²) < 4.78 is 24.3. The summed E-state index contributed by atoms with van der Waals surface area (Å²) in [5, 5.41) is 0. The van der Waals surface area contributed by atoms with Crippen molar-refractivity contribution in [3.05, 3.63) is 53.8 Å². The molecule has 0 heterocycles. The van der Waals surface area contributed by atoms with Crippen LogP contribution in [0.1, 0.15) is 25.3 Å². The fourth-order valence-electron chi connectivity index (χ4n) is 1.76. The fourth-order valence-corrected chi connectivity index (χ4v) is 1.76. The van der Waals surface area contributed by atoms with E-state index in [2.05, 4.69) is 13.8 Å². The Morgan fingerprint density at radius 2 is 1.79 bits per heavy atom. The van der Waals surface area contributed by atoms with Crippen molar-refractivity contribution < 1.29 is 13.9 Å². The molecule has 0 atom stereocenters. The Hall–Kier alpha value is -2.03. The summed E-state index contributed by atoms with van der Waals surface area (Å²) in [6.45, 7) is 4.21. The minimum absolute atomic E-state index is 0.196. The Morgan fingerprint density at radius 1 is 1.00 bits per heavy atom. The summed E-state index contributed by atoms with van der Waals surface area (Å²) in [5.74, 6) is 1.27. The first-order valence-corrected chi connectivity index (χ1v) is 6.21. The first kappa shape index (κ1) is 13.4. The Labute approximate surface area is 112 Å². The molecule has 2 aromatic rings. The second kappa shape index (κ2) is 5.74. The number of halogens is 1. The predicted molar refractivity (Wildman–Crippen MR) is 73.6 cm³/mol. The van der Waals surface area contributed by atoms with Crippen LogP contribution in [0.4, 0.5) is 4.39 Å². The number of benzene rings is 2. The van der Waals surface area contributed by atoms with Gasteiger partial charge in [0.15, 0.2) is 11.6 Å². The molecule has 19 heavy (non-hydrogen) atoms. The normalized spacial score (nSPS) is 10.6. The Kier molecular flexibility index (Phi) is 4.05. The van der Waals surface area contributed by atoms with E-state index in [0.717, 1.165) is 5.56 Å². The summed E-state index contributed by atoms with van der Waals surface area (Å²) >= 11 is 0. The minimum Gasteiger partial charge on any atom is -0.497 e. The summed E-state index contributed by atoms with van der Waals surface area (Å²) in [6, 6.07) is 12.2. The standard InChI is InChI=1S/C16H17FO2/c1-11(2)12-5-4-6-14(9-12)19-16-8-7-13(18-3)10-15(16)17/h4-11H,1-3H3. The number of rotatable bonds is 4. The van der Waals surface area contributed by atoms with Gasteiger partial charge in [0.1, 0.15) is 11.5 Å². The molecule has 0 amide bonds. The van der Waals surface area contributed by atoms with Crippen molar-refractivity contribution in [2.24, 2.45) is 0 Å². The number of hydrogen-bond acceptors (Lipinski definition) is 2. The second-order valence-corrected chi connectivity index (χ2v) is 4.63. The third kappa shape index (κ3) is 3.25. The molecule has 0 bridgehead atoms. The molecular formula is C16H17FO2.